The molecule has 1 aromatic heterocycles. The number of nitrogens with one attached hydrogen (secondary N) is 2. The summed E-state index contributed by atoms with van der Waals surface area (Å²) in [5.74, 6) is -2.32. The summed E-state index contributed by atoms with van der Waals surface area (Å²) in [7, 11) is 2.66. The largest absolute Gasteiger partial charge is 0.495 e. The van der Waals surface area contributed by atoms with Crippen molar-refractivity contribution >= 4 is 41.2 Å². The molecule has 10 nitrogen and oxygen atoms in total. The van der Waals surface area contributed by atoms with Gasteiger partial charge in [-0.25, -0.2) is 9.59 Å². The highest BCUT2D eigenvalue weighted by molar-refractivity contribution is 7.99. The van der Waals surface area contributed by atoms with Gasteiger partial charge in [0, 0.05) is 35.4 Å². The second-order valence-corrected chi connectivity index (χ2v) is 7.89. The third kappa shape index (κ3) is 8.11. The van der Waals surface area contributed by atoms with Gasteiger partial charge in [-0.2, -0.15) is 11.8 Å². The summed E-state index contributed by atoms with van der Waals surface area (Å²) in [5.41, 5.74) is 0.723. The molecule has 0 aliphatic carbocycles. The van der Waals surface area contributed by atoms with Crippen molar-refractivity contribution in [2.75, 3.05) is 31.0 Å². The first-order valence-corrected chi connectivity index (χ1v) is 11.0. The Hall–Kier alpha value is -3.60. The van der Waals surface area contributed by atoms with Gasteiger partial charge in [0.05, 0.1) is 26.3 Å². The number of anilines is 1. The maximum atomic E-state index is 12.7. The lowest BCUT2D eigenvalue weighted by molar-refractivity contribution is -0.142. The summed E-state index contributed by atoms with van der Waals surface area (Å²) in [6.45, 7) is 0. The molecule has 0 aliphatic heterocycles. The van der Waals surface area contributed by atoms with Crippen LogP contribution in [0.4, 0.5) is 10.5 Å². The van der Waals surface area contributed by atoms with E-state index in [1.54, 1.807) is 36.4 Å². The number of carboxylic acid groups (broad SMARTS) is 1. The van der Waals surface area contributed by atoms with Crippen molar-refractivity contribution < 1.29 is 33.8 Å². The van der Waals surface area contributed by atoms with Crippen LogP contribution in [-0.4, -0.2) is 65.6 Å². The van der Waals surface area contributed by atoms with Crippen LogP contribution in [0.15, 0.2) is 48.8 Å². The van der Waals surface area contributed by atoms with Crippen molar-refractivity contribution in [2.24, 2.45) is 5.92 Å². The highest BCUT2D eigenvalue weighted by Gasteiger charge is 2.26. The van der Waals surface area contributed by atoms with Gasteiger partial charge in [0.2, 0.25) is 0 Å². The molecule has 1 unspecified atom stereocenters. The minimum absolute atomic E-state index is 0.0719. The van der Waals surface area contributed by atoms with Crippen LogP contribution in [-0.2, 0) is 14.3 Å². The summed E-state index contributed by atoms with van der Waals surface area (Å²) in [6, 6.07) is 8.26. The third-order valence-corrected chi connectivity index (χ3v) is 5.69. The second-order valence-electron chi connectivity index (χ2n) is 6.81. The lowest BCUT2D eigenvalue weighted by Gasteiger charge is -2.19. The fourth-order valence-electron chi connectivity index (χ4n) is 2.89. The molecule has 0 fully saturated rings. The Morgan fingerprint density at radius 3 is 2.48 bits per heavy atom. The summed E-state index contributed by atoms with van der Waals surface area (Å²) < 4.78 is 9.94. The molecular formula is C22H25N3O7S. The van der Waals surface area contributed by atoms with Crippen molar-refractivity contribution in [3.8, 4) is 5.75 Å². The van der Waals surface area contributed by atoms with Crippen molar-refractivity contribution in [1.82, 2.24) is 10.3 Å². The van der Waals surface area contributed by atoms with E-state index in [1.807, 2.05) is 0 Å². The van der Waals surface area contributed by atoms with E-state index >= 15 is 0 Å². The molecule has 11 heteroatoms. The number of methoxy groups -OCH3 is 2. The maximum absolute atomic E-state index is 12.7. The molecule has 0 saturated heterocycles. The van der Waals surface area contributed by atoms with Crippen LogP contribution in [0.1, 0.15) is 16.8 Å². The van der Waals surface area contributed by atoms with Crippen LogP contribution in [0.3, 0.4) is 0 Å². The quantitative estimate of drug-likeness (QED) is 0.311. The van der Waals surface area contributed by atoms with Crippen LogP contribution in [0, 0.1) is 5.92 Å². The number of carboxylic acids is 1. The molecule has 1 heterocycles. The first-order chi connectivity index (χ1) is 15.8. The van der Waals surface area contributed by atoms with Crippen LogP contribution in [0.2, 0.25) is 0 Å². The molecule has 2 amide bonds. The van der Waals surface area contributed by atoms with Gasteiger partial charge in [0.15, 0.2) is 5.78 Å². The monoisotopic (exact) mass is 475 g/mol. The minimum Gasteiger partial charge on any atom is -0.495 e. The van der Waals surface area contributed by atoms with E-state index in [0.29, 0.717) is 17.0 Å². The number of hydrogen-bond donors (Lipinski definition) is 3. The zero-order valence-corrected chi connectivity index (χ0v) is 19.0. The molecule has 2 rings (SSSR count). The Morgan fingerprint density at radius 2 is 1.85 bits per heavy atom. The van der Waals surface area contributed by atoms with Gasteiger partial charge in [-0.05, 0) is 24.3 Å². The van der Waals surface area contributed by atoms with E-state index in [1.165, 1.54) is 26.6 Å². The van der Waals surface area contributed by atoms with E-state index in [-0.39, 0.29) is 23.7 Å². The first-order valence-electron chi connectivity index (χ1n) is 9.87. The highest BCUT2D eigenvalue weighted by Crippen LogP contribution is 2.23. The Bertz CT molecular complexity index is 971. The number of para-hydroxylation sites is 2. The number of rotatable bonds is 12. The summed E-state index contributed by atoms with van der Waals surface area (Å²) in [4.78, 5) is 52.4. The number of nitrogens with zero attached hydrogens (tertiary/aromatic N) is 1. The average molecular weight is 476 g/mol. The standard InChI is InChI=1S/C22H25N3O7S/c1-31-18-8-4-3-7-16(18)24-22(30)25-17(21(29)32-2)13-33-12-15(10-19(26)27)20(28)14-6-5-9-23-11-14/h3-9,11,15,17H,10,12-13H2,1-2H3,(H,26,27)(H2,24,25,30)/t15?,17-/m0/s1. The van der Waals surface area contributed by atoms with Crippen molar-refractivity contribution in [3.63, 3.8) is 0 Å². The summed E-state index contributed by atoms with van der Waals surface area (Å²) in [6.07, 6.45) is 2.52. The number of pyridine rings is 1. The number of Topliss-reactive ketones (excluding diaryl/α,β-unsaturated/α-hetero) is 1. The molecule has 176 valence electrons. The molecule has 0 spiro atoms. The number of carbonyl (C=O) groups excluding carboxylic acids is 3. The van der Waals surface area contributed by atoms with E-state index < -0.39 is 29.9 Å². The Labute approximate surface area is 195 Å². The minimum atomic E-state index is -1.11. The highest BCUT2D eigenvalue weighted by atomic mass is 32.2. The van der Waals surface area contributed by atoms with Gasteiger partial charge in [-0.15, -0.1) is 0 Å². The molecule has 2 aromatic rings. The van der Waals surface area contributed by atoms with E-state index in [4.69, 9.17) is 9.47 Å². The van der Waals surface area contributed by atoms with Crippen molar-refractivity contribution in [3.05, 3.63) is 54.4 Å². The van der Waals surface area contributed by atoms with Gasteiger partial charge in [-0.1, -0.05) is 12.1 Å². The molecule has 33 heavy (non-hydrogen) atoms. The van der Waals surface area contributed by atoms with Gasteiger partial charge >= 0.3 is 18.0 Å². The van der Waals surface area contributed by atoms with Crippen LogP contribution in [0.5, 0.6) is 5.75 Å². The Morgan fingerprint density at radius 1 is 1.09 bits per heavy atom. The SMILES string of the molecule is COC(=O)[C@H](CSCC(CC(=O)O)C(=O)c1cccnc1)NC(=O)Nc1ccccc1OC. The topological polar surface area (TPSA) is 144 Å². The Kier molecular flexibility index (Phi) is 10.2. The summed E-state index contributed by atoms with van der Waals surface area (Å²) in [5, 5.41) is 14.3. The number of benzene rings is 1. The van der Waals surface area contributed by atoms with Gasteiger partial charge in [-0.3, -0.25) is 14.6 Å². The van der Waals surface area contributed by atoms with Crippen molar-refractivity contribution in [2.45, 2.75) is 12.5 Å². The fraction of sp³-hybridized carbons (Fsp3) is 0.318. The lowest BCUT2D eigenvalue weighted by atomic mass is 9.97. The van der Waals surface area contributed by atoms with E-state index in [9.17, 15) is 24.3 Å². The number of carbonyl (C=O) groups is 4. The average Bonchev–Trinajstić information content (AvgIpc) is 2.82. The number of urea groups is 1. The number of amides is 2. The smallest absolute Gasteiger partial charge is 0.329 e. The zero-order valence-electron chi connectivity index (χ0n) is 18.1. The van der Waals surface area contributed by atoms with Gasteiger partial charge < -0.3 is 25.2 Å². The number of ketones is 1. The van der Waals surface area contributed by atoms with Crippen molar-refractivity contribution in [1.29, 1.82) is 0 Å². The first kappa shape index (κ1) is 25.7. The Balaban J connectivity index is 2.00. The number of ether oxygens (including phenoxy) is 2. The molecular weight excluding hydrogens is 450 g/mol. The normalized spacial score (nSPS) is 12.2. The van der Waals surface area contributed by atoms with E-state index in [2.05, 4.69) is 15.6 Å². The number of thioether (sulfide) groups is 1. The second kappa shape index (κ2) is 13.1. The molecule has 0 aliphatic rings. The maximum Gasteiger partial charge on any atom is 0.329 e. The van der Waals surface area contributed by atoms with Crippen LogP contribution in [0.25, 0.3) is 0 Å². The molecule has 1 aromatic carbocycles. The third-order valence-electron chi connectivity index (χ3n) is 4.49. The molecule has 0 bridgehead atoms. The van der Waals surface area contributed by atoms with E-state index in [0.717, 1.165) is 11.8 Å². The zero-order chi connectivity index (χ0) is 24.2. The number of aliphatic carboxylic acids is 1. The number of hydrogen-bond acceptors (Lipinski definition) is 8. The molecule has 3 N–H and O–H groups in total. The fourth-order valence-corrected chi connectivity index (χ4v) is 4.03. The lowest BCUT2D eigenvalue weighted by Crippen LogP contribution is -2.45. The predicted octanol–water partition coefficient (Wildman–Crippen LogP) is 2.46. The predicted molar refractivity (Wildman–Crippen MR) is 123 cm³/mol. The van der Waals surface area contributed by atoms with Gasteiger partial charge in [0.1, 0.15) is 11.8 Å². The summed E-state index contributed by atoms with van der Waals surface area (Å²) >= 11 is 1.16. The van der Waals surface area contributed by atoms with Gasteiger partial charge in [0.25, 0.3) is 0 Å². The number of esters is 1. The van der Waals surface area contributed by atoms with Crippen LogP contribution >= 0.6 is 11.8 Å². The molecule has 2 atom stereocenters. The molecule has 0 radical (unpaired) electrons. The molecule has 0 saturated carbocycles. The number of aromatic nitrogens is 1. The van der Waals surface area contributed by atoms with Crippen LogP contribution < -0.4 is 15.4 Å².